The predicted molar refractivity (Wildman–Crippen MR) is 45.3 cm³/mol. The molecule has 0 radical (unpaired) electrons. The maximum absolute atomic E-state index is 11.2. The minimum Gasteiger partial charge on any atom is -0.305 e. The SMILES string of the molecule is C=CCNCC(=O)N1CCCO1. The minimum atomic E-state index is -0.00523. The second-order valence-electron chi connectivity index (χ2n) is 2.60. The van der Waals surface area contributed by atoms with E-state index in [2.05, 4.69) is 11.9 Å². The number of hydrogen-bond donors (Lipinski definition) is 1. The van der Waals surface area contributed by atoms with Gasteiger partial charge in [-0.3, -0.25) is 9.63 Å². The topological polar surface area (TPSA) is 41.6 Å². The average Bonchev–Trinajstić information content (AvgIpc) is 2.56. The zero-order chi connectivity index (χ0) is 8.81. The van der Waals surface area contributed by atoms with Gasteiger partial charge in [-0.1, -0.05) is 6.08 Å². The van der Waals surface area contributed by atoms with Gasteiger partial charge in [0, 0.05) is 6.54 Å². The molecular formula is C8H14N2O2. The molecule has 1 heterocycles. The highest BCUT2D eigenvalue weighted by atomic mass is 16.7. The van der Waals surface area contributed by atoms with E-state index in [0.29, 0.717) is 26.2 Å². The van der Waals surface area contributed by atoms with Gasteiger partial charge >= 0.3 is 0 Å². The van der Waals surface area contributed by atoms with E-state index in [0.717, 1.165) is 6.42 Å². The molecule has 0 aliphatic carbocycles. The van der Waals surface area contributed by atoms with Gasteiger partial charge in [-0.25, -0.2) is 5.06 Å². The zero-order valence-corrected chi connectivity index (χ0v) is 7.08. The minimum absolute atomic E-state index is 0.00523. The van der Waals surface area contributed by atoms with Crippen LogP contribution >= 0.6 is 0 Å². The number of nitrogens with zero attached hydrogens (tertiary/aromatic N) is 1. The van der Waals surface area contributed by atoms with Gasteiger partial charge in [-0.15, -0.1) is 6.58 Å². The smallest absolute Gasteiger partial charge is 0.260 e. The van der Waals surface area contributed by atoms with Crippen LogP contribution in [-0.2, 0) is 9.63 Å². The summed E-state index contributed by atoms with van der Waals surface area (Å²) >= 11 is 0. The van der Waals surface area contributed by atoms with Crippen LogP contribution in [-0.4, -0.2) is 37.2 Å². The monoisotopic (exact) mass is 170 g/mol. The Hall–Kier alpha value is -0.870. The molecule has 1 aliphatic rings. The van der Waals surface area contributed by atoms with Crippen LogP contribution in [0.4, 0.5) is 0 Å². The van der Waals surface area contributed by atoms with E-state index in [4.69, 9.17) is 4.84 Å². The molecule has 0 spiro atoms. The van der Waals surface area contributed by atoms with Gasteiger partial charge in [0.05, 0.1) is 19.7 Å². The number of hydroxylamine groups is 2. The summed E-state index contributed by atoms with van der Waals surface area (Å²) in [6.07, 6.45) is 2.66. The van der Waals surface area contributed by atoms with E-state index < -0.39 is 0 Å². The Kier molecular flexibility index (Phi) is 3.76. The largest absolute Gasteiger partial charge is 0.305 e. The quantitative estimate of drug-likeness (QED) is 0.474. The molecule has 68 valence electrons. The van der Waals surface area contributed by atoms with E-state index in [9.17, 15) is 4.79 Å². The third-order valence-electron chi connectivity index (χ3n) is 1.60. The Balaban J connectivity index is 2.14. The molecule has 4 heteroatoms. The molecule has 0 aromatic rings. The van der Waals surface area contributed by atoms with Crippen LogP contribution in [0.15, 0.2) is 12.7 Å². The molecule has 1 aliphatic heterocycles. The summed E-state index contributed by atoms with van der Waals surface area (Å²) in [6, 6.07) is 0. The number of amides is 1. The summed E-state index contributed by atoms with van der Waals surface area (Å²) in [5.74, 6) is -0.00523. The van der Waals surface area contributed by atoms with E-state index in [-0.39, 0.29) is 5.91 Å². The molecule has 1 fully saturated rings. The lowest BCUT2D eigenvalue weighted by molar-refractivity contribution is -0.167. The molecule has 0 saturated carbocycles. The fraction of sp³-hybridized carbons (Fsp3) is 0.625. The Morgan fingerprint density at radius 1 is 1.75 bits per heavy atom. The molecule has 0 aromatic carbocycles. The molecule has 1 rings (SSSR count). The Morgan fingerprint density at radius 2 is 2.58 bits per heavy atom. The van der Waals surface area contributed by atoms with Crippen molar-refractivity contribution in [1.82, 2.24) is 10.4 Å². The summed E-state index contributed by atoms with van der Waals surface area (Å²) < 4.78 is 0. The molecular weight excluding hydrogens is 156 g/mol. The number of rotatable bonds is 4. The maximum Gasteiger partial charge on any atom is 0.260 e. The van der Waals surface area contributed by atoms with Crippen molar-refractivity contribution in [3.05, 3.63) is 12.7 Å². The van der Waals surface area contributed by atoms with Gasteiger partial charge in [0.15, 0.2) is 0 Å². The molecule has 1 saturated heterocycles. The highest BCUT2D eigenvalue weighted by Gasteiger charge is 2.17. The van der Waals surface area contributed by atoms with Crippen molar-refractivity contribution in [3.8, 4) is 0 Å². The van der Waals surface area contributed by atoms with Crippen LogP contribution in [0.1, 0.15) is 6.42 Å². The summed E-state index contributed by atoms with van der Waals surface area (Å²) in [7, 11) is 0. The van der Waals surface area contributed by atoms with Crippen molar-refractivity contribution >= 4 is 5.91 Å². The van der Waals surface area contributed by atoms with Gasteiger partial charge < -0.3 is 5.32 Å². The normalized spacial score (nSPS) is 16.5. The van der Waals surface area contributed by atoms with Crippen LogP contribution in [0, 0.1) is 0 Å². The van der Waals surface area contributed by atoms with Gasteiger partial charge in [0.1, 0.15) is 0 Å². The van der Waals surface area contributed by atoms with E-state index in [1.54, 1.807) is 6.08 Å². The third-order valence-corrected chi connectivity index (χ3v) is 1.60. The van der Waals surface area contributed by atoms with Crippen LogP contribution in [0.3, 0.4) is 0 Å². The Labute approximate surface area is 72.1 Å². The van der Waals surface area contributed by atoms with Crippen LogP contribution in [0.2, 0.25) is 0 Å². The fourth-order valence-electron chi connectivity index (χ4n) is 1.01. The lowest BCUT2D eigenvalue weighted by Gasteiger charge is -2.13. The predicted octanol–water partition coefficient (Wildman–Crippen LogP) is -0.0741. The first-order chi connectivity index (χ1) is 5.84. The molecule has 0 atom stereocenters. The van der Waals surface area contributed by atoms with Crippen LogP contribution in [0.5, 0.6) is 0 Å². The summed E-state index contributed by atoms with van der Waals surface area (Å²) in [5.41, 5.74) is 0. The maximum atomic E-state index is 11.2. The molecule has 0 aromatic heterocycles. The highest BCUT2D eigenvalue weighted by Crippen LogP contribution is 2.03. The molecule has 12 heavy (non-hydrogen) atoms. The van der Waals surface area contributed by atoms with Crippen molar-refractivity contribution in [2.45, 2.75) is 6.42 Å². The number of hydrogen-bond acceptors (Lipinski definition) is 3. The molecule has 1 N–H and O–H groups in total. The molecule has 0 unspecified atom stereocenters. The Morgan fingerprint density at radius 3 is 3.17 bits per heavy atom. The summed E-state index contributed by atoms with van der Waals surface area (Å²) in [6.45, 7) is 5.89. The molecule has 4 nitrogen and oxygen atoms in total. The van der Waals surface area contributed by atoms with E-state index in [1.807, 2.05) is 0 Å². The second kappa shape index (κ2) is 4.90. The number of nitrogens with one attached hydrogen (secondary N) is 1. The van der Waals surface area contributed by atoms with Crippen LogP contribution < -0.4 is 5.32 Å². The first kappa shape index (κ1) is 9.22. The molecule has 1 amide bonds. The van der Waals surface area contributed by atoms with Gasteiger partial charge in [-0.2, -0.15) is 0 Å². The van der Waals surface area contributed by atoms with Crippen molar-refractivity contribution in [2.24, 2.45) is 0 Å². The van der Waals surface area contributed by atoms with Gasteiger partial charge in [-0.05, 0) is 6.42 Å². The molecule has 0 bridgehead atoms. The summed E-state index contributed by atoms with van der Waals surface area (Å²) in [5, 5.41) is 4.34. The van der Waals surface area contributed by atoms with Crippen molar-refractivity contribution < 1.29 is 9.63 Å². The third kappa shape index (κ3) is 2.64. The first-order valence-electron chi connectivity index (χ1n) is 4.09. The fourth-order valence-corrected chi connectivity index (χ4v) is 1.01. The standard InChI is InChI=1S/C8H14N2O2/c1-2-4-9-7-8(11)10-5-3-6-12-10/h2,9H,1,3-7H2. The average molecular weight is 170 g/mol. The summed E-state index contributed by atoms with van der Waals surface area (Å²) in [4.78, 5) is 16.3. The first-order valence-corrected chi connectivity index (χ1v) is 4.09. The van der Waals surface area contributed by atoms with E-state index in [1.165, 1.54) is 5.06 Å². The second-order valence-corrected chi connectivity index (χ2v) is 2.60. The Bertz CT molecular complexity index is 164. The van der Waals surface area contributed by atoms with Crippen molar-refractivity contribution in [1.29, 1.82) is 0 Å². The lowest BCUT2D eigenvalue weighted by atomic mass is 10.4. The van der Waals surface area contributed by atoms with Gasteiger partial charge in [0.2, 0.25) is 0 Å². The number of carbonyl (C=O) groups is 1. The van der Waals surface area contributed by atoms with Crippen molar-refractivity contribution in [3.63, 3.8) is 0 Å². The zero-order valence-electron chi connectivity index (χ0n) is 7.08. The highest BCUT2D eigenvalue weighted by molar-refractivity contribution is 5.77. The van der Waals surface area contributed by atoms with Crippen molar-refractivity contribution in [2.75, 3.05) is 26.2 Å². The number of carbonyl (C=O) groups excluding carboxylic acids is 1. The lowest BCUT2D eigenvalue weighted by Crippen LogP contribution is -2.35. The van der Waals surface area contributed by atoms with Gasteiger partial charge in [0.25, 0.3) is 5.91 Å². The van der Waals surface area contributed by atoms with Crippen LogP contribution in [0.25, 0.3) is 0 Å². The van der Waals surface area contributed by atoms with E-state index >= 15 is 0 Å².